The zero-order valence-electron chi connectivity index (χ0n) is 25.2. The molecule has 14 nitrogen and oxygen atoms in total. The van der Waals surface area contributed by atoms with Gasteiger partial charge in [0.2, 0.25) is 17.7 Å². The molecule has 0 aliphatic heterocycles. The summed E-state index contributed by atoms with van der Waals surface area (Å²) in [6.45, 7) is 0.388. The lowest BCUT2D eigenvalue weighted by Gasteiger charge is -2.25. The standard InChI is InChI=1S/C32H40N8O6/c33-12-4-3-7-26(32(45)46)38-31(44)28(14-20-16-36-25-6-2-1-5-23(20)25)40-30(43)27(13-19-8-10-22(41)11-9-19)39-29(42)24(34)15-21-17-35-18-37-21/h1-2,5-6,8-11,16-18,24,26-28,36,41H,3-4,7,12-15,33-34H2,(H,35,37)(H,38,44)(H,39,42)(H,40,43)(H,45,46). The topological polar surface area (TPSA) is 241 Å². The van der Waals surface area contributed by atoms with E-state index in [-0.39, 0.29) is 31.4 Å². The number of fused-ring (bicyclic) bond motifs is 1. The number of nitrogens with one attached hydrogen (secondary N) is 5. The van der Waals surface area contributed by atoms with E-state index in [9.17, 15) is 29.4 Å². The molecule has 0 aliphatic rings. The number of carbonyl (C=O) groups is 4. The maximum absolute atomic E-state index is 13.9. The second kappa shape index (κ2) is 16.2. The van der Waals surface area contributed by atoms with Crippen molar-refractivity contribution in [3.05, 3.63) is 84.1 Å². The van der Waals surface area contributed by atoms with Gasteiger partial charge >= 0.3 is 5.97 Å². The molecule has 0 saturated heterocycles. The maximum atomic E-state index is 13.9. The number of carboxylic acids is 1. The number of phenols is 1. The van der Waals surface area contributed by atoms with Crippen molar-refractivity contribution in [1.29, 1.82) is 0 Å². The van der Waals surface area contributed by atoms with Crippen LogP contribution in [0.5, 0.6) is 5.75 Å². The van der Waals surface area contributed by atoms with Gasteiger partial charge in [0.1, 0.15) is 23.9 Å². The van der Waals surface area contributed by atoms with Crippen LogP contribution >= 0.6 is 0 Å². The van der Waals surface area contributed by atoms with Crippen molar-refractivity contribution in [3.8, 4) is 5.75 Å². The number of amides is 3. The fourth-order valence-corrected chi connectivity index (χ4v) is 5.11. The summed E-state index contributed by atoms with van der Waals surface area (Å²) in [6.07, 6.45) is 6.20. The first-order valence-corrected chi connectivity index (χ1v) is 15.0. The summed E-state index contributed by atoms with van der Waals surface area (Å²) >= 11 is 0. The molecule has 2 heterocycles. The quantitative estimate of drug-likeness (QED) is 0.0740. The summed E-state index contributed by atoms with van der Waals surface area (Å²) < 4.78 is 0. The number of nitrogens with zero attached hydrogens (tertiary/aromatic N) is 1. The molecule has 0 radical (unpaired) electrons. The number of carbonyl (C=O) groups excluding carboxylic acids is 3. The molecule has 46 heavy (non-hydrogen) atoms. The Kier molecular flexibility index (Phi) is 11.9. The molecule has 4 unspecified atom stereocenters. The van der Waals surface area contributed by atoms with E-state index in [4.69, 9.17) is 11.5 Å². The monoisotopic (exact) mass is 632 g/mol. The van der Waals surface area contributed by atoms with Crippen molar-refractivity contribution in [2.75, 3.05) is 6.54 Å². The lowest BCUT2D eigenvalue weighted by Crippen LogP contribution is -2.58. The van der Waals surface area contributed by atoms with E-state index in [1.807, 2.05) is 24.3 Å². The summed E-state index contributed by atoms with van der Waals surface area (Å²) in [5.41, 5.74) is 14.5. The van der Waals surface area contributed by atoms with Crippen LogP contribution < -0.4 is 27.4 Å². The molecular weight excluding hydrogens is 592 g/mol. The molecule has 11 N–H and O–H groups in total. The van der Waals surface area contributed by atoms with Crippen molar-refractivity contribution < 1.29 is 29.4 Å². The molecule has 244 valence electrons. The summed E-state index contributed by atoms with van der Waals surface area (Å²) in [6, 6.07) is 9.05. The van der Waals surface area contributed by atoms with E-state index in [0.717, 1.165) is 16.5 Å². The van der Waals surface area contributed by atoms with Crippen molar-refractivity contribution in [3.63, 3.8) is 0 Å². The smallest absolute Gasteiger partial charge is 0.326 e. The van der Waals surface area contributed by atoms with Gasteiger partial charge < -0.3 is 47.6 Å². The summed E-state index contributed by atoms with van der Waals surface area (Å²) in [5, 5.41) is 28.4. The molecule has 0 saturated carbocycles. The molecule has 0 bridgehead atoms. The number of hydrogen-bond donors (Lipinski definition) is 9. The summed E-state index contributed by atoms with van der Waals surface area (Å²) in [4.78, 5) is 62.6. The Hall–Kier alpha value is -5.21. The first-order chi connectivity index (χ1) is 22.1. The number of aromatic nitrogens is 3. The lowest BCUT2D eigenvalue weighted by molar-refractivity contribution is -0.142. The number of H-pyrrole nitrogens is 2. The van der Waals surface area contributed by atoms with Crippen molar-refractivity contribution >= 4 is 34.6 Å². The predicted octanol–water partition coefficient (Wildman–Crippen LogP) is 0.620. The normalized spacial score (nSPS) is 13.8. The molecule has 0 spiro atoms. The van der Waals surface area contributed by atoms with Gasteiger partial charge in [0.05, 0.1) is 12.4 Å². The van der Waals surface area contributed by atoms with Gasteiger partial charge in [-0.2, -0.15) is 0 Å². The number of rotatable bonds is 17. The lowest BCUT2D eigenvalue weighted by atomic mass is 10.0. The van der Waals surface area contributed by atoms with E-state index in [0.29, 0.717) is 30.6 Å². The van der Waals surface area contributed by atoms with Gasteiger partial charge in [0.25, 0.3) is 0 Å². The van der Waals surface area contributed by atoms with Gasteiger partial charge in [-0.25, -0.2) is 9.78 Å². The fourth-order valence-electron chi connectivity index (χ4n) is 5.11. The van der Waals surface area contributed by atoms with Crippen LogP contribution in [0, 0.1) is 0 Å². The number of aromatic hydroxyl groups is 1. The highest BCUT2D eigenvalue weighted by atomic mass is 16.4. The number of para-hydroxylation sites is 1. The number of phenolic OH excluding ortho intramolecular Hbond substituents is 1. The van der Waals surface area contributed by atoms with Crippen molar-refractivity contribution in [2.24, 2.45) is 11.5 Å². The highest BCUT2D eigenvalue weighted by Crippen LogP contribution is 2.20. The largest absolute Gasteiger partial charge is 0.508 e. The zero-order chi connectivity index (χ0) is 33.1. The number of hydrogen-bond acceptors (Lipinski definition) is 8. The molecule has 3 amide bonds. The first kappa shape index (κ1) is 33.7. The molecule has 2 aromatic heterocycles. The van der Waals surface area contributed by atoms with Crippen LogP contribution in [0.1, 0.15) is 36.1 Å². The number of carboxylic acid groups (broad SMARTS) is 1. The number of benzene rings is 2. The SMILES string of the molecule is NCCCCC(NC(=O)C(Cc1c[nH]c2ccccc12)NC(=O)C(Cc1ccc(O)cc1)NC(=O)C(N)Cc1cnc[nH]1)C(=O)O. The minimum absolute atomic E-state index is 0.0207. The highest BCUT2D eigenvalue weighted by Gasteiger charge is 2.31. The van der Waals surface area contributed by atoms with Gasteiger partial charge in [0, 0.05) is 48.3 Å². The molecule has 14 heteroatoms. The van der Waals surface area contributed by atoms with Gasteiger partial charge in [-0.05, 0) is 55.1 Å². The molecular formula is C32H40N8O6. The third kappa shape index (κ3) is 9.39. The van der Waals surface area contributed by atoms with Crippen molar-refractivity contribution in [2.45, 2.75) is 62.7 Å². The molecule has 4 rings (SSSR count). The van der Waals surface area contributed by atoms with Crippen LogP contribution in [0.25, 0.3) is 10.9 Å². The van der Waals surface area contributed by atoms with E-state index < -0.39 is 47.9 Å². The molecule has 2 aromatic carbocycles. The van der Waals surface area contributed by atoms with Gasteiger partial charge in [-0.15, -0.1) is 0 Å². The maximum Gasteiger partial charge on any atom is 0.326 e. The van der Waals surface area contributed by atoms with Crippen LogP contribution in [0.4, 0.5) is 0 Å². The van der Waals surface area contributed by atoms with Crippen LogP contribution in [0.3, 0.4) is 0 Å². The van der Waals surface area contributed by atoms with E-state index >= 15 is 0 Å². The number of aromatic amines is 2. The molecule has 4 aromatic rings. The number of aliphatic carboxylic acids is 1. The molecule has 0 aliphatic carbocycles. The second-order valence-electron chi connectivity index (χ2n) is 11.1. The van der Waals surface area contributed by atoms with E-state index in [2.05, 4.69) is 30.9 Å². The van der Waals surface area contributed by atoms with Gasteiger partial charge in [-0.1, -0.05) is 30.3 Å². The van der Waals surface area contributed by atoms with E-state index in [1.54, 1.807) is 24.5 Å². The van der Waals surface area contributed by atoms with Crippen molar-refractivity contribution in [1.82, 2.24) is 30.9 Å². The van der Waals surface area contributed by atoms with Crippen LogP contribution in [-0.4, -0.2) is 79.6 Å². The first-order valence-electron chi connectivity index (χ1n) is 15.0. The average molecular weight is 633 g/mol. The molecule has 0 fully saturated rings. The van der Waals surface area contributed by atoms with Crippen LogP contribution in [-0.2, 0) is 38.4 Å². The second-order valence-corrected chi connectivity index (χ2v) is 11.1. The molecule has 4 atom stereocenters. The fraction of sp³-hybridized carbons (Fsp3) is 0.344. The summed E-state index contributed by atoms with van der Waals surface area (Å²) in [5.74, 6) is -3.14. The average Bonchev–Trinajstić information content (AvgIpc) is 3.70. The Labute approximate surface area is 265 Å². The van der Waals surface area contributed by atoms with Crippen LogP contribution in [0.2, 0.25) is 0 Å². The minimum Gasteiger partial charge on any atom is -0.508 e. The highest BCUT2D eigenvalue weighted by molar-refractivity contribution is 5.95. The Morgan fingerprint density at radius 1 is 0.826 bits per heavy atom. The third-order valence-electron chi connectivity index (χ3n) is 7.63. The number of unbranched alkanes of at least 4 members (excludes halogenated alkanes) is 1. The summed E-state index contributed by atoms with van der Waals surface area (Å²) in [7, 11) is 0. The van der Waals surface area contributed by atoms with Crippen LogP contribution in [0.15, 0.2) is 67.3 Å². The van der Waals surface area contributed by atoms with Gasteiger partial charge in [0.15, 0.2) is 0 Å². The van der Waals surface area contributed by atoms with E-state index in [1.165, 1.54) is 18.5 Å². The Morgan fingerprint density at radius 2 is 1.50 bits per heavy atom. The Balaban J connectivity index is 1.58. The predicted molar refractivity (Wildman–Crippen MR) is 170 cm³/mol. The Morgan fingerprint density at radius 3 is 2.17 bits per heavy atom. The number of imidazole rings is 1. The zero-order valence-corrected chi connectivity index (χ0v) is 25.2. The third-order valence-corrected chi connectivity index (χ3v) is 7.63. The number of nitrogens with two attached hydrogens (primary N) is 2. The minimum atomic E-state index is -1.20. The van der Waals surface area contributed by atoms with Gasteiger partial charge in [-0.3, -0.25) is 14.4 Å². The Bertz CT molecular complexity index is 1600.